The fourth-order valence-corrected chi connectivity index (χ4v) is 4.80. The zero-order chi connectivity index (χ0) is 34.9. The van der Waals surface area contributed by atoms with Gasteiger partial charge >= 0.3 is 17.9 Å². The van der Waals surface area contributed by atoms with E-state index in [1.54, 1.807) is 76.4 Å². The highest BCUT2D eigenvalue weighted by Gasteiger charge is 2.57. The van der Waals surface area contributed by atoms with Crippen LogP contribution in [0.2, 0.25) is 0 Å². The summed E-state index contributed by atoms with van der Waals surface area (Å²) in [5.74, 6) is -4.22. The number of esters is 3. The molecule has 1 aliphatic carbocycles. The number of aldehydes is 1. The number of carbonyl (C=O) groups excluding carboxylic acids is 6. The number of carbonyl (C=O) groups is 6. The van der Waals surface area contributed by atoms with Crippen LogP contribution in [0.4, 0.5) is 0 Å². The third kappa shape index (κ3) is 14.0. The van der Waals surface area contributed by atoms with Crippen LogP contribution in [-0.2, 0) is 38.2 Å². The van der Waals surface area contributed by atoms with Crippen LogP contribution in [0, 0.1) is 11.8 Å². The molecule has 2 aromatic carbocycles. The lowest BCUT2D eigenvalue weighted by Gasteiger charge is -2.43. The lowest BCUT2D eigenvalue weighted by Crippen LogP contribution is -2.55. The van der Waals surface area contributed by atoms with Gasteiger partial charge in [-0.15, -0.1) is 0 Å². The summed E-state index contributed by atoms with van der Waals surface area (Å²) in [5.41, 5.74) is -0.419. The molecule has 268 valence electrons. The Kier molecular flexibility index (Phi) is 21.7. The Labute approximate surface area is 284 Å². The molecule has 0 aliphatic heterocycles. The Bertz CT molecular complexity index is 1300. The van der Waals surface area contributed by atoms with Crippen molar-refractivity contribution in [2.45, 2.75) is 73.8 Å². The Morgan fingerprint density at radius 2 is 1.27 bits per heavy atom. The first kappa shape index (κ1) is 45.5. The van der Waals surface area contributed by atoms with E-state index in [1.807, 2.05) is 0 Å². The normalized spacial score (nSPS) is 19.1. The molecule has 1 fully saturated rings. The van der Waals surface area contributed by atoms with Gasteiger partial charge in [0.25, 0.3) is 0 Å². The van der Waals surface area contributed by atoms with Crippen LogP contribution in [0.15, 0.2) is 48.5 Å². The molecule has 1 N–H and O–H groups in total. The molecule has 4 unspecified atom stereocenters. The summed E-state index contributed by atoms with van der Waals surface area (Å²) < 4.78 is 24.8. The van der Waals surface area contributed by atoms with Crippen LogP contribution >= 0.6 is 0 Å². The van der Waals surface area contributed by atoms with Crippen molar-refractivity contribution in [2.24, 2.45) is 11.8 Å². The first-order valence-corrected chi connectivity index (χ1v) is 14.8. The lowest BCUT2D eigenvalue weighted by atomic mass is 9.61. The Morgan fingerprint density at radius 1 is 0.812 bits per heavy atom. The van der Waals surface area contributed by atoms with E-state index in [0.717, 1.165) is 12.0 Å². The van der Waals surface area contributed by atoms with Crippen molar-refractivity contribution < 1.29 is 57.6 Å². The number of hydrogen-bond donors (Lipinski definition) is 1. The quantitative estimate of drug-likeness (QED) is 0.144. The summed E-state index contributed by atoms with van der Waals surface area (Å²) >= 11 is 0. The topological polar surface area (TPSA) is 169 Å². The van der Waals surface area contributed by atoms with Crippen LogP contribution in [0.3, 0.4) is 0 Å². The molecule has 4 atom stereocenters. The predicted octanol–water partition coefficient (Wildman–Crippen LogP) is 5.17. The van der Waals surface area contributed by atoms with Gasteiger partial charge in [-0.1, -0.05) is 27.0 Å². The molecule has 0 bridgehead atoms. The third-order valence-corrected chi connectivity index (χ3v) is 6.80. The van der Waals surface area contributed by atoms with Gasteiger partial charge in [0.2, 0.25) is 0 Å². The molecule has 0 amide bonds. The summed E-state index contributed by atoms with van der Waals surface area (Å²) in [6, 6.07) is 13.6. The summed E-state index contributed by atoms with van der Waals surface area (Å²) in [5, 5.41) is 10.9. The highest BCUT2D eigenvalue weighted by Crippen LogP contribution is 2.47. The van der Waals surface area contributed by atoms with Crippen molar-refractivity contribution in [1.82, 2.24) is 0 Å². The van der Waals surface area contributed by atoms with E-state index in [2.05, 4.69) is 4.74 Å². The van der Waals surface area contributed by atoms with Crippen LogP contribution in [0.5, 0.6) is 11.5 Å². The van der Waals surface area contributed by atoms with E-state index in [1.165, 1.54) is 21.0 Å². The van der Waals surface area contributed by atoms with Gasteiger partial charge in [-0.05, 0) is 76.6 Å². The van der Waals surface area contributed by atoms with E-state index >= 15 is 0 Å². The van der Waals surface area contributed by atoms with Gasteiger partial charge in [-0.25, -0.2) is 0 Å². The molecule has 1 aliphatic rings. The van der Waals surface area contributed by atoms with Gasteiger partial charge < -0.3 is 28.8 Å². The maximum absolute atomic E-state index is 12.7. The molecule has 0 radical (unpaired) electrons. The molecule has 0 aromatic heterocycles. The SMILES string of the molecule is C.C.CCOC(=O)C1C(=O)CC(C)(O)C(C(=O)OCC)C1c1ccc(OC)cc1.CCOC(=O)CC(C)=O.COc1ccc(C=O)cc1. The minimum atomic E-state index is -1.64. The molecule has 1 saturated carbocycles. The first-order chi connectivity index (χ1) is 21.8. The molecule has 0 saturated heterocycles. The summed E-state index contributed by atoms with van der Waals surface area (Å²) in [4.78, 5) is 68.8. The average Bonchev–Trinajstić information content (AvgIpc) is 3.01. The fourth-order valence-electron chi connectivity index (χ4n) is 4.80. The summed E-state index contributed by atoms with van der Waals surface area (Å²) in [7, 11) is 3.11. The standard InChI is InChI=1S/C20H26O7.C8H8O2.C6H10O3.2CH4/c1-5-26-18(22)16-14(21)11-20(3,24)17(19(23)27-6-2)15(16)12-7-9-13(25-4)10-8-12;1-10-8-4-2-7(6-9)3-5-8;1-3-9-6(8)4-5(2)7;;/h7-10,15-17,24H,5-6,11H2,1-4H3;2-6H,1H3;3-4H2,1-2H3;2*1H4. The molecular formula is C36H52O12. The van der Waals surface area contributed by atoms with Crippen molar-refractivity contribution >= 4 is 35.8 Å². The van der Waals surface area contributed by atoms with Gasteiger partial charge in [0.05, 0.1) is 45.6 Å². The molecule has 12 heteroatoms. The summed E-state index contributed by atoms with van der Waals surface area (Å²) in [6.07, 6.45) is 0.375. The average molecular weight is 677 g/mol. The van der Waals surface area contributed by atoms with Crippen molar-refractivity contribution in [3.05, 3.63) is 59.7 Å². The summed E-state index contributed by atoms with van der Waals surface area (Å²) in [6.45, 7) is 8.36. The molecule has 12 nitrogen and oxygen atoms in total. The van der Waals surface area contributed by atoms with Crippen molar-refractivity contribution in [1.29, 1.82) is 0 Å². The van der Waals surface area contributed by atoms with Gasteiger partial charge in [0.15, 0.2) is 5.78 Å². The van der Waals surface area contributed by atoms with Gasteiger partial charge in [0.1, 0.15) is 35.9 Å². The molecule has 48 heavy (non-hydrogen) atoms. The fraction of sp³-hybridized carbons (Fsp3) is 0.500. The second-order valence-electron chi connectivity index (χ2n) is 10.3. The third-order valence-electron chi connectivity index (χ3n) is 6.80. The second-order valence-corrected chi connectivity index (χ2v) is 10.3. The highest BCUT2D eigenvalue weighted by atomic mass is 16.5. The van der Waals surface area contributed by atoms with E-state index in [-0.39, 0.29) is 46.7 Å². The highest BCUT2D eigenvalue weighted by molar-refractivity contribution is 6.02. The molecule has 2 aromatic rings. The number of ether oxygens (including phenoxy) is 5. The van der Waals surface area contributed by atoms with E-state index in [0.29, 0.717) is 23.5 Å². The number of Topliss-reactive ketones (excluding diaryl/α,β-unsaturated/α-hetero) is 2. The zero-order valence-electron chi connectivity index (χ0n) is 27.4. The monoisotopic (exact) mass is 676 g/mol. The van der Waals surface area contributed by atoms with Crippen LogP contribution in [0.25, 0.3) is 0 Å². The van der Waals surface area contributed by atoms with E-state index in [4.69, 9.17) is 18.9 Å². The maximum atomic E-state index is 12.7. The molecule has 3 rings (SSSR count). The number of rotatable bonds is 11. The number of benzene rings is 2. The minimum absolute atomic E-state index is 0. The molecule has 0 spiro atoms. The zero-order valence-corrected chi connectivity index (χ0v) is 27.4. The molecular weight excluding hydrogens is 624 g/mol. The smallest absolute Gasteiger partial charge is 0.317 e. The molecule has 0 heterocycles. The van der Waals surface area contributed by atoms with Gasteiger partial charge in [0, 0.05) is 17.9 Å². The van der Waals surface area contributed by atoms with Gasteiger partial charge in [-0.2, -0.15) is 0 Å². The Morgan fingerprint density at radius 3 is 1.69 bits per heavy atom. The van der Waals surface area contributed by atoms with Crippen molar-refractivity contribution in [3.8, 4) is 11.5 Å². The van der Waals surface area contributed by atoms with E-state index < -0.39 is 47.0 Å². The number of methoxy groups -OCH3 is 2. The number of ketones is 2. The number of aliphatic hydroxyl groups is 1. The first-order valence-electron chi connectivity index (χ1n) is 14.8. The van der Waals surface area contributed by atoms with E-state index in [9.17, 15) is 33.9 Å². The lowest BCUT2D eigenvalue weighted by molar-refractivity contribution is -0.172. The van der Waals surface area contributed by atoms with Crippen LogP contribution in [0.1, 0.15) is 84.2 Å². The number of hydrogen-bond acceptors (Lipinski definition) is 12. The Hall–Kier alpha value is -4.58. The predicted molar refractivity (Wildman–Crippen MR) is 180 cm³/mol. The van der Waals surface area contributed by atoms with Gasteiger partial charge in [-0.3, -0.25) is 28.8 Å². The van der Waals surface area contributed by atoms with Crippen LogP contribution in [-0.4, -0.2) is 80.5 Å². The van der Waals surface area contributed by atoms with Crippen molar-refractivity contribution in [2.75, 3.05) is 34.0 Å². The minimum Gasteiger partial charge on any atom is -0.497 e. The maximum Gasteiger partial charge on any atom is 0.317 e. The Balaban J connectivity index is 0. The van der Waals surface area contributed by atoms with Crippen molar-refractivity contribution in [3.63, 3.8) is 0 Å². The van der Waals surface area contributed by atoms with Crippen LogP contribution < -0.4 is 9.47 Å². The largest absolute Gasteiger partial charge is 0.497 e. The second kappa shape index (κ2) is 22.9.